The van der Waals surface area contributed by atoms with E-state index in [2.05, 4.69) is 27.7 Å². The van der Waals surface area contributed by atoms with Crippen LogP contribution >= 0.6 is 11.6 Å². The third kappa shape index (κ3) is 5.51. The monoisotopic (exact) mass is 608 g/mol. The number of hydrogen-bond acceptors (Lipinski definition) is 6. The summed E-state index contributed by atoms with van der Waals surface area (Å²) in [6.07, 6.45) is 8.39. The minimum absolute atomic E-state index is 0.0488. The number of aliphatic hydroxyl groups is 2. The van der Waals surface area contributed by atoms with Crippen molar-refractivity contribution < 1.29 is 28.2 Å². The van der Waals surface area contributed by atoms with Crippen molar-refractivity contribution in [1.82, 2.24) is 0 Å². The summed E-state index contributed by atoms with van der Waals surface area (Å²) >= 11 is 6.04. The van der Waals surface area contributed by atoms with Crippen LogP contribution in [0.5, 0.6) is 0 Å². The number of benzene rings is 1. The van der Waals surface area contributed by atoms with Gasteiger partial charge in [0.2, 0.25) is 0 Å². The molecule has 2 N–H and O–H groups in total. The molecule has 0 unspecified atom stereocenters. The summed E-state index contributed by atoms with van der Waals surface area (Å²) < 4.78 is 30.8. The standard InChI is InChI=1S/C33H49ClO6S/c1-5-22-26-18-21(35)12-15-33(26,4)25-13-16-32(3)23(10-11-24(32)30(25)31(22)37)20(2)14-17-40-29(36)19-41(38,39)28-9-7-6-8-27(28)34/h6-9,20-26,30-31,35,37H,5,10-19H2,1-4H3/t20-,21-,22-,23-,24+,25+,26+,30+,31-,32-,33-/m1/s1. The lowest BCUT2D eigenvalue weighted by molar-refractivity contribution is -0.203. The van der Waals surface area contributed by atoms with Gasteiger partial charge in [-0.1, -0.05) is 57.8 Å². The molecule has 0 spiro atoms. The highest BCUT2D eigenvalue weighted by atomic mass is 35.5. The van der Waals surface area contributed by atoms with Crippen LogP contribution in [-0.4, -0.2) is 49.2 Å². The number of carbonyl (C=O) groups excluding carboxylic acids is 1. The minimum Gasteiger partial charge on any atom is -0.465 e. The number of esters is 1. The Morgan fingerprint density at radius 1 is 1.05 bits per heavy atom. The molecule has 4 aliphatic carbocycles. The molecule has 8 heteroatoms. The molecule has 0 saturated heterocycles. The molecular formula is C33H49ClO6S. The van der Waals surface area contributed by atoms with E-state index < -0.39 is 21.6 Å². The molecule has 0 radical (unpaired) electrons. The van der Waals surface area contributed by atoms with Crippen molar-refractivity contribution in [3.8, 4) is 0 Å². The zero-order valence-electron chi connectivity index (χ0n) is 25.1. The van der Waals surface area contributed by atoms with Gasteiger partial charge in [0.25, 0.3) is 0 Å². The molecule has 41 heavy (non-hydrogen) atoms. The number of ether oxygens (including phenoxy) is 1. The Labute approximate surface area is 251 Å². The number of hydrogen-bond donors (Lipinski definition) is 2. The molecule has 230 valence electrons. The Hall–Kier alpha value is -1.15. The summed E-state index contributed by atoms with van der Waals surface area (Å²) in [4.78, 5) is 12.4. The summed E-state index contributed by atoms with van der Waals surface area (Å²) in [6, 6.07) is 6.14. The fraction of sp³-hybridized carbons (Fsp3) is 0.788. The maximum Gasteiger partial charge on any atom is 0.321 e. The first-order valence-electron chi connectivity index (χ1n) is 15.8. The number of aliphatic hydroxyl groups excluding tert-OH is 2. The van der Waals surface area contributed by atoms with Gasteiger partial charge in [-0.05, 0) is 116 Å². The van der Waals surface area contributed by atoms with Crippen molar-refractivity contribution in [2.75, 3.05) is 12.4 Å². The Morgan fingerprint density at radius 3 is 2.44 bits per heavy atom. The van der Waals surface area contributed by atoms with Crippen LogP contribution in [-0.2, 0) is 19.4 Å². The fourth-order valence-corrected chi connectivity index (χ4v) is 12.2. The van der Waals surface area contributed by atoms with Crippen molar-refractivity contribution in [2.45, 2.75) is 103 Å². The Bertz CT molecular complexity index is 1220. The molecule has 1 aromatic rings. The molecule has 4 saturated carbocycles. The van der Waals surface area contributed by atoms with Crippen LogP contribution in [0.1, 0.15) is 85.5 Å². The number of halogens is 1. The quantitative estimate of drug-likeness (QED) is 0.335. The number of rotatable bonds is 8. The second-order valence-electron chi connectivity index (χ2n) is 14.3. The smallest absolute Gasteiger partial charge is 0.321 e. The molecule has 0 aliphatic heterocycles. The van der Waals surface area contributed by atoms with Gasteiger partial charge in [0.1, 0.15) is 0 Å². The first kappa shape index (κ1) is 31.3. The van der Waals surface area contributed by atoms with E-state index in [0.29, 0.717) is 41.9 Å². The van der Waals surface area contributed by atoms with Crippen molar-refractivity contribution in [2.24, 2.45) is 52.3 Å². The maximum atomic E-state index is 12.7. The lowest BCUT2D eigenvalue weighted by Gasteiger charge is -2.64. The van der Waals surface area contributed by atoms with Crippen LogP contribution in [0.4, 0.5) is 0 Å². The topological polar surface area (TPSA) is 101 Å². The lowest BCUT2D eigenvalue weighted by Crippen LogP contribution is -2.62. The molecule has 1 aromatic carbocycles. The molecule has 6 nitrogen and oxygen atoms in total. The third-order valence-electron chi connectivity index (χ3n) is 12.5. The highest BCUT2D eigenvalue weighted by molar-refractivity contribution is 7.92. The van der Waals surface area contributed by atoms with Gasteiger partial charge in [-0.2, -0.15) is 0 Å². The van der Waals surface area contributed by atoms with Crippen LogP contribution in [0.25, 0.3) is 0 Å². The van der Waals surface area contributed by atoms with Crippen LogP contribution in [0.15, 0.2) is 29.2 Å². The van der Waals surface area contributed by atoms with Crippen molar-refractivity contribution in [1.29, 1.82) is 0 Å². The van der Waals surface area contributed by atoms with Gasteiger partial charge in [-0.15, -0.1) is 0 Å². The summed E-state index contributed by atoms with van der Waals surface area (Å²) in [5, 5.41) is 22.5. The van der Waals surface area contributed by atoms with E-state index in [1.165, 1.54) is 12.1 Å². The first-order chi connectivity index (χ1) is 19.3. The Kier molecular flexibility index (Phi) is 8.96. The average Bonchev–Trinajstić information content (AvgIpc) is 3.27. The molecule has 0 bridgehead atoms. The van der Waals surface area contributed by atoms with Gasteiger partial charge in [-0.3, -0.25) is 4.79 Å². The SMILES string of the molecule is CC[C@H]1[C@@H](O)[C@@H]2[C@H](CC[C@]3(C)[C@@H]([C@H](C)CCOC(=O)CS(=O)(=O)c4ccccc4Cl)CC[C@@H]23)[C@@]2(C)CC[C@@H](O)C[C@@H]12. The van der Waals surface area contributed by atoms with E-state index >= 15 is 0 Å². The summed E-state index contributed by atoms with van der Waals surface area (Å²) in [6.45, 7) is 9.55. The summed E-state index contributed by atoms with van der Waals surface area (Å²) in [7, 11) is -3.87. The van der Waals surface area contributed by atoms with Crippen molar-refractivity contribution in [3.05, 3.63) is 29.3 Å². The molecule has 5 rings (SSSR count). The number of carbonyl (C=O) groups is 1. The van der Waals surface area contributed by atoms with Crippen LogP contribution < -0.4 is 0 Å². The van der Waals surface area contributed by atoms with Gasteiger partial charge in [0.15, 0.2) is 15.6 Å². The predicted molar refractivity (Wildman–Crippen MR) is 160 cm³/mol. The van der Waals surface area contributed by atoms with E-state index in [1.807, 2.05) is 0 Å². The second-order valence-corrected chi connectivity index (χ2v) is 16.7. The summed E-state index contributed by atoms with van der Waals surface area (Å²) in [5.41, 5.74) is 0.321. The zero-order valence-corrected chi connectivity index (χ0v) is 26.7. The molecule has 11 atom stereocenters. The maximum absolute atomic E-state index is 12.7. The highest BCUT2D eigenvalue weighted by Crippen LogP contribution is 2.69. The molecular weight excluding hydrogens is 560 g/mol. The van der Waals surface area contributed by atoms with Crippen LogP contribution in [0.3, 0.4) is 0 Å². The predicted octanol–water partition coefficient (Wildman–Crippen LogP) is 6.31. The molecule has 4 aliphatic rings. The van der Waals surface area contributed by atoms with Gasteiger partial charge in [0.05, 0.1) is 28.7 Å². The normalized spacial score (nSPS) is 41.1. The van der Waals surface area contributed by atoms with E-state index in [9.17, 15) is 23.4 Å². The molecule has 0 heterocycles. The third-order valence-corrected chi connectivity index (χ3v) is 14.5. The zero-order chi connectivity index (χ0) is 29.7. The van der Waals surface area contributed by atoms with E-state index in [1.54, 1.807) is 12.1 Å². The fourth-order valence-electron chi connectivity index (χ4n) is 10.5. The van der Waals surface area contributed by atoms with Gasteiger partial charge in [0, 0.05) is 0 Å². The van der Waals surface area contributed by atoms with E-state index in [4.69, 9.17) is 16.3 Å². The first-order valence-corrected chi connectivity index (χ1v) is 17.9. The van der Waals surface area contributed by atoms with Gasteiger partial charge >= 0.3 is 5.97 Å². The number of sulfone groups is 1. The van der Waals surface area contributed by atoms with Crippen molar-refractivity contribution >= 4 is 27.4 Å². The molecule has 0 amide bonds. The van der Waals surface area contributed by atoms with E-state index in [0.717, 1.165) is 51.4 Å². The van der Waals surface area contributed by atoms with Gasteiger partial charge < -0.3 is 14.9 Å². The van der Waals surface area contributed by atoms with E-state index in [-0.39, 0.29) is 45.5 Å². The largest absolute Gasteiger partial charge is 0.465 e. The molecule has 4 fully saturated rings. The number of fused-ring (bicyclic) bond motifs is 5. The highest BCUT2D eigenvalue weighted by Gasteiger charge is 2.64. The van der Waals surface area contributed by atoms with Crippen LogP contribution in [0.2, 0.25) is 5.02 Å². The Balaban J connectivity index is 1.22. The second kappa shape index (κ2) is 11.7. The van der Waals surface area contributed by atoms with Gasteiger partial charge in [-0.25, -0.2) is 8.42 Å². The van der Waals surface area contributed by atoms with Crippen molar-refractivity contribution in [3.63, 3.8) is 0 Å². The van der Waals surface area contributed by atoms with Crippen LogP contribution in [0, 0.1) is 52.3 Å². The Morgan fingerprint density at radius 2 is 1.73 bits per heavy atom. The molecule has 0 aromatic heterocycles. The average molecular weight is 609 g/mol. The minimum atomic E-state index is -3.87. The summed E-state index contributed by atoms with van der Waals surface area (Å²) in [5.74, 6) is 1.27. The lowest BCUT2D eigenvalue weighted by atomic mass is 9.41.